The molecular weight excluding hydrogens is 469 g/mol. The van der Waals surface area contributed by atoms with Crippen LogP contribution in [0.1, 0.15) is 5.56 Å². The Kier molecular flexibility index (Phi) is 8.06. The quantitative estimate of drug-likeness (QED) is 0.293. The van der Waals surface area contributed by atoms with Crippen LogP contribution in [-0.2, 0) is 11.0 Å². The van der Waals surface area contributed by atoms with E-state index in [9.17, 15) is 45.6 Å². The van der Waals surface area contributed by atoms with Crippen molar-refractivity contribution < 1.29 is 49.9 Å². The molecule has 0 bridgehead atoms. The maximum Gasteiger partial charge on any atom is 0.416 e. The van der Waals surface area contributed by atoms with Crippen molar-refractivity contribution in [3.8, 4) is 11.5 Å². The third-order valence-corrected chi connectivity index (χ3v) is 4.02. The van der Waals surface area contributed by atoms with E-state index in [4.69, 9.17) is 9.47 Å². The van der Waals surface area contributed by atoms with Crippen molar-refractivity contribution in [2.75, 3.05) is 25.2 Å². The van der Waals surface area contributed by atoms with Crippen molar-refractivity contribution in [2.45, 2.75) is 18.3 Å². The third kappa shape index (κ3) is 6.95. The molecule has 0 saturated heterocycles. The third-order valence-electron chi connectivity index (χ3n) is 4.02. The number of nitro benzene ring substituents is 1. The molecule has 0 aromatic heterocycles. The van der Waals surface area contributed by atoms with E-state index >= 15 is 0 Å². The second-order valence-corrected chi connectivity index (χ2v) is 6.44. The average molecular weight is 484 g/mol. The molecule has 180 valence electrons. The first-order valence-corrected chi connectivity index (χ1v) is 8.93. The molecular formula is C19H15F7N2O5. The molecule has 1 atom stereocenters. The number of nitrogens with one attached hydrogen (secondary N) is 1. The van der Waals surface area contributed by atoms with Crippen LogP contribution >= 0.6 is 0 Å². The molecule has 14 heteroatoms. The molecule has 0 aliphatic rings. The number of nitro groups is 1. The lowest BCUT2D eigenvalue weighted by atomic mass is 10.2. The standard InChI is InChI=1S/C19H15F7N2O5/c20-8-16(21)18(22,23)10-33-14-4-2-1-3-12(14)27-17(29)9-32-15-6-5-11(19(24,25)26)7-13(15)28(30)31/h1-7,16H,8-10H2,(H,27,29)/t16-/m1/s1. The highest BCUT2D eigenvalue weighted by Crippen LogP contribution is 2.36. The summed E-state index contributed by atoms with van der Waals surface area (Å²) in [5.41, 5.74) is -2.49. The minimum atomic E-state index is -4.84. The average Bonchev–Trinajstić information content (AvgIpc) is 2.75. The van der Waals surface area contributed by atoms with Crippen LogP contribution in [0.4, 0.5) is 42.1 Å². The molecule has 2 rings (SSSR count). The molecule has 0 aliphatic carbocycles. The Bertz CT molecular complexity index is 1000. The molecule has 0 saturated carbocycles. The van der Waals surface area contributed by atoms with Crippen molar-refractivity contribution in [3.63, 3.8) is 0 Å². The first-order valence-electron chi connectivity index (χ1n) is 8.93. The summed E-state index contributed by atoms with van der Waals surface area (Å²) in [6.07, 6.45) is -7.93. The smallest absolute Gasteiger partial charge is 0.416 e. The lowest BCUT2D eigenvalue weighted by Gasteiger charge is -2.20. The zero-order valence-corrected chi connectivity index (χ0v) is 16.4. The number of ether oxygens (including phenoxy) is 2. The van der Waals surface area contributed by atoms with Gasteiger partial charge in [0.2, 0.25) is 0 Å². The van der Waals surface area contributed by atoms with Crippen LogP contribution in [0.5, 0.6) is 11.5 Å². The van der Waals surface area contributed by atoms with Crippen molar-refractivity contribution in [1.29, 1.82) is 0 Å². The molecule has 1 amide bonds. The molecule has 7 nitrogen and oxygen atoms in total. The second-order valence-electron chi connectivity index (χ2n) is 6.44. The summed E-state index contributed by atoms with van der Waals surface area (Å²) in [6, 6.07) is 6.52. The van der Waals surface area contributed by atoms with E-state index in [1.54, 1.807) is 0 Å². The van der Waals surface area contributed by atoms with E-state index in [-0.39, 0.29) is 17.5 Å². The summed E-state index contributed by atoms with van der Waals surface area (Å²) in [5, 5.41) is 13.2. The lowest BCUT2D eigenvalue weighted by molar-refractivity contribution is -0.386. The van der Waals surface area contributed by atoms with E-state index in [0.29, 0.717) is 12.1 Å². The van der Waals surface area contributed by atoms with Crippen LogP contribution in [0, 0.1) is 10.1 Å². The van der Waals surface area contributed by atoms with Gasteiger partial charge in [-0.1, -0.05) is 12.1 Å². The van der Waals surface area contributed by atoms with Crippen molar-refractivity contribution >= 4 is 17.3 Å². The van der Waals surface area contributed by atoms with Gasteiger partial charge < -0.3 is 14.8 Å². The van der Waals surface area contributed by atoms with E-state index < -0.39 is 66.0 Å². The Morgan fingerprint density at radius 3 is 2.33 bits per heavy atom. The van der Waals surface area contributed by atoms with Crippen LogP contribution in [-0.4, -0.2) is 42.8 Å². The topological polar surface area (TPSA) is 90.7 Å². The number of halogens is 7. The summed E-state index contributed by atoms with van der Waals surface area (Å²) in [5.74, 6) is -6.06. The van der Waals surface area contributed by atoms with Crippen LogP contribution in [0.15, 0.2) is 42.5 Å². The van der Waals surface area contributed by atoms with Crippen LogP contribution in [0.3, 0.4) is 0 Å². The van der Waals surface area contributed by atoms with Gasteiger partial charge in [-0.25, -0.2) is 8.78 Å². The minimum Gasteiger partial charge on any atom is -0.485 e. The summed E-state index contributed by atoms with van der Waals surface area (Å²) in [7, 11) is 0. The highest BCUT2D eigenvalue weighted by atomic mass is 19.4. The summed E-state index contributed by atoms with van der Waals surface area (Å²) < 4.78 is 99.9. The summed E-state index contributed by atoms with van der Waals surface area (Å²) >= 11 is 0. The second kappa shape index (κ2) is 10.4. The molecule has 1 N–H and O–H groups in total. The monoisotopic (exact) mass is 484 g/mol. The number of nitrogens with zero attached hydrogens (tertiary/aromatic N) is 1. The fraction of sp³-hybridized carbons (Fsp3) is 0.316. The largest absolute Gasteiger partial charge is 0.485 e. The number of hydrogen-bond donors (Lipinski definition) is 1. The summed E-state index contributed by atoms with van der Waals surface area (Å²) in [4.78, 5) is 22.0. The summed E-state index contributed by atoms with van der Waals surface area (Å²) in [6.45, 7) is -4.35. The molecule has 2 aromatic carbocycles. The molecule has 2 aromatic rings. The van der Waals surface area contributed by atoms with Gasteiger partial charge in [-0.2, -0.15) is 22.0 Å². The zero-order chi connectivity index (χ0) is 24.8. The van der Waals surface area contributed by atoms with E-state index in [2.05, 4.69) is 5.32 Å². The Balaban J connectivity index is 2.07. The van der Waals surface area contributed by atoms with Crippen LogP contribution in [0.25, 0.3) is 0 Å². The number of carbonyl (C=O) groups excluding carboxylic acids is 1. The predicted octanol–water partition coefficient (Wildman–Crippen LogP) is 4.95. The number of benzene rings is 2. The Hall–Kier alpha value is -3.58. The molecule has 33 heavy (non-hydrogen) atoms. The molecule has 0 heterocycles. The number of hydrogen-bond acceptors (Lipinski definition) is 5. The number of alkyl halides is 7. The number of rotatable bonds is 10. The van der Waals surface area contributed by atoms with Gasteiger partial charge >= 0.3 is 17.8 Å². The van der Waals surface area contributed by atoms with E-state index in [0.717, 1.165) is 6.07 Å². The van der Waals surface area contributed by atoms with Gasteiger partial charge in [0.25, 0.3) is 5.91 Å². The Morgan fingerprint density at radius 2 is 1.73 bits per heavy atom. The fourth-order valence-corrected chi connectivity index (χ4v) is 2.36. The first kappa shape index (κ1) is 25.7. The van der Waals surface area contributed by atoms with Crippen LogP contribution < -0.4 is 14.8 Å². The lowest BCUT2D eigenvalue weighted by Crippen LogP contribution is -2.38. The number of carbonyl (C=O) groups is 1. The van der Waals surface area contributed by atoms with Gasteiger partial charge in [0.05, 0.1) is 16.2 Å². The van der Waals surface area contributed by atoms with Gasteiger partial charge in [0.1, 0.15) is 12.4 Å². The minimum absolute atomic E-state index is 0.167. The van der Waals surface area contributed by atoms with E-state index in [1.165, 1.54) is 18.2 Å². The van der Waals surface area contributed by atoms with E-state index in [1.807, 2.05) is 0 Å². The molecule has 0 aliphatic heterocycles. The number of anilines is 1. The molecule has 0 unspecified atom stereocenters. The number of amides is 1. The van der Waals surface area contributed by atoms with Crippen molar-refractivity contribution in [1.82, 2.24) is 0 Å². The molecule has 0 radical (unpaired) electrons. The van der Waals surface area contributed by atoms with Gasteiger partial charge in [-0.3, -0.25) is 14.9 Å². The van der Waals surface area contributed by atoms with Gasteiger partial charge in [0, 0.05) is 6.07 Å². The maximum atomic E-state index is 13.4. The van der Waals surface area contributed by atoms with Gasteiger partial charge in [-0.15, -0.1) is 0 Å². The maximum absolute atomic E-state index is 13.4. The highest BCUT2D eigenvalue weighted by Gasteiger charge is 2.41. The zero-order valence-electron chi connectivity index (χ0n) is 16.4. The SMILES string of the molecule is O=C(COc1ccc(C(F)(F)F)cc1[N+](=O)[O-])Nc1ccccc1OCC(F)(F)[C@H](F)CF. The molecule has 0 spiro atoms. The highest BCUT2D eigenvalue weighted by molar-refractivity contribution is 5.93. The number of para-hydroxylation sites is 2. The van der Waals surface area contributed by atoms with Crippen LogP contribution in [0.2, 0.25) is 0 Å². The predicted molar refractivity (Wildman–Crippen MR) is 100.0 cm³/mol. The van der Waals surface area contributed by atoms with Crippen molar-refractivity contribution in [3.05, 3.63) is 58.1 Å². The Morgan fingerprint density at radius 1 is 1.06 bits per heavy atom. The van der Waals surface area contributed by atoms with Gasteiger partial charge in [-0.05, 0) is 24.3 Å². The van der Waals surface area contributed by atoms with Gasteiger partial charge in [0.15, 0.2) is 25.1 Å². The normalized spacial score (nSPS) is 12.7. The fourth-order valence-electron chi connectivity index (χ4n) is 2.36. The first-order chi connectivity index (χ1) is 15.3. The van der Waals surface area contributed by atoms with Crippen molar-refractivity contribution in [2.24, 2.45) is 0 Å². The Labute approximate surface area is 181 Å². The molecule has 0 fully saturated rings.